The van der Waals surface area contributed by atoms with Crippen LogP contribution in [0.4, 0.5) is 0 Å². The molecule has 1 aliphatic carbocycles. The Morgan fingerprint density at radius 1 is 1.33 bits per heavy atom. The molecule has 0 radical (unpaired) electrons. The predicted molar refractivity (Wildman–Crippen MR) is 71.3 cm³/mol. The number of hydrogen-bond donors (Lipinski definition) is 2. The van der Waals surface area contributed by atoms with Crippen LogP contribution in [-0.4, -0.2) is 68.8 Å². The summed E-state index contributed by atoms with van der Waals surface area (Å²) in [6, 6.07) is 0. The minimum atomic E-state index is -2.85. The Kier molecular flexibility index (Phi) is 4.31. The first-order chi connectivity index (χ1) is 8.51. The van der Waals surface area contributed by atoms with Crippen LogP contribution in [0, 0.1) is 5.92 Å². The molecule has 0 bridgehead atoms. The molecule has 2 fully saturated rings. The predicted octanol–water partition coefficient (Wildman–Crippen LogP) is -0.533. The van der Waals surface area contributed by atoms with Gasteiger partial charge < -0.3 is 15.3 Å². The maximum absolute atomic E-state index is 11.6. The van der Waals surface area contributed by atoms with E-state index in [0.717, 1.165) is 25.9 Å². The van der Waals surface area contributed by atoms with Gasteiger partial charge in [0.2, 0.25) is 0 Å². The highest BCUT2D eigenvalue weighted by Crippen LogP contribution is 2.39. The number of aliphatic hydroxyl groups is 1. The van der Waals surface area contributed by atoms with Crippen LogP contribution in [0.15, 0.2) is 0 Å². The fourth-order valence-corrected chi connectivity index (χ4v) is 4.16. The van der Waals surface area contributed by atoms with Gasteiger partial charge in [0.25, 0.3) is 0 Å². The summed E-state index contributed by atoms with van der Waals surface area (Å²) >= 11 is 0. The summed E-state index contributed by atoms with van der Waals surface area (Å²) in [5.74, 6) is 1.09. The molecule has 1 unspecified atom stereocenters. The quantitative estimate of drug-likeness (QED) is 0.706. The van der Waals surface area contributed by atoms with Gasteiger partial charge in [0.15, 0.2) is 9.84 Å². The van der Waals surface area contributed by atoms with Crippen molar-refractivity contribution in [1.29, 1.82) is 0 Å². The van der Waals surface area contributed by atoms with Crippen molar-refractivity contribution < 1.29 is 13.5 Å². The van der Waals surface area contributed by atoms with Gasteiger partial charge in [-0.05, 0) is 38.8 Å². The van der Waals surface area contributed by atoms with Crippen LogP contribution in [0.5, 0.6) is 0 Å². The minimum absolute atomic E-state index is 0.122. The van der Waals surface area contributed by atoms with Crippen molar-refractivity contribution in [2.75, 3.05) is 44.8 Å². The standard InChI is InChI=1S/C12H24N2O3S/c1-13-12(10-15,11-3-4-11)9-14-5-2-7-18(16,17)8-6-14/h11,13,15H,2-10H2,1H3. The summed E-state index contributed by atoms with van der Waals surface area (Å²) < 4.78 is 23.2. The summed E-state index contributed by atoms with van der Waals surface area (Å²) in [6.45, 7) is 2.28. The molecule has 0 aromatic carbocycles. The van der Waals surface area contributed by atoms with E-state index in [1.807, 2.05) is 7.05 Å². The van der Waals surface area contributed by atoms with E-state index in [1.165, 1.54) is 0 Å². The molecular formula is C12H24N2O3S. The van der Waals surface area contributed by atoms with E-state index < -0.39 is 9.84 Å². The first-order valence-corrected chi connectivity index (χ1v) is 8.56. The van der Waals surface area contributed by atoms with Crippen LogP contribution in [0.1, 0.15) is 19.3 Å². The Morgan fingerprint density at radius 3 is 2.61 bits per heavy atom. The molecule has 18 heavy (non-hydrogen) atoms. The molecule has 0 aromatic heterocycles. The van der Waals surface area contributed by atoms with E-state index in [-0.39, 0.29) is 17.9 Å². The third-order valence-corrected chi connectivity index (χ3v) is 6.01. The van der Waals surface area contributed by atoms with Crippen LogP contribution in [0.25, 0.3) is 0 Å². The zero-order valence-electron chi connectivity index (χ0n) is 11.1. The van der Waals surface area contributed by atoms with Crippen molar-refractivity contribution >= 4 is 9.84 Å². The smallest absolute Gasteiger partial charge is 0.151 e. The van der Waals surface area contributed by atoms with E-state index in [4.69, 9.17) is 0 Å². The van der Waals surface area contributed by atoms with E-state index in [0.29, 0.717) is 24.6 Å². The molecule has 0 aromatic rings. The second kappa shape index (κ2) is 5.45. The summed E-state index contributed by atoms with van der Waals surface area (Å²) in [6.07, 6.45) is 3.03. The fourth-order valence-electron chi connectivity index (χ4n) is 2.85. The molecule has 1 heterocycles. The second-order valence-corrected chi connectivity index (χ2v) is 7.92. The maximum atomic E-state index is 11.6. The second-order valence-electron chi connectivity index (χ2n) is 5.62. The number of hydrogen-bond acceptors (Lipinski definition) is 5. The molecule has 5 nitrogen and oxygen atoms in total. The molecule has 1 aliphatic heterocycles. The molecule has 2 N–H and O–H groups in total. The maximum Gasteiger partial charge on any atom is 0.151 e. The number of nitrogens with zero attached hydrogens (tertiary/aromatic N) is 1. The van der Waals surface area contributed by atoms with E-state index >= 15 is 0 Å². The van der Waals surface area contributed by atoms with Crippen LogP contribution in [0.3, 0.4) is 0 Å². The highest BCUT2D eigenvalue weighted by atomic mass is 32.2. The minimum Gasteiger partial charge on any atom is -0.394 e. The molecule has 0 amide bonds. The van der Waals surface area contributed by atoms with Gasteiger partial charge in [-0.2, -0.15) is 0 Å². The lowest BCUT2D eigenvalue weighted by Gasteiger charge is -2.37. The third-order valence-electron chi connectivity index (χ3n) is 4.29. The average molecular weight is 276 g/mol. The Labute approximate surface area is 109 Å². The highest BCUT2D eigenvalue weighted by molar-refractivity contribution is 7.91. The highest BCUT2D eigenvalue weighted by Gasteiger charge is 2.44. The monoisotopic (exact) mass is 276 g/mol. The topological polar surface area (TPSA) is 69.6 Å². The van der Waals surface area contributed by atoms with Crippen molar-refractivity contribution in [1.82, 2.24) is 10.2 Å². The lowest BCUT2D eigenvalue weighted by molar-refractivity contribution is 0.100. The zero-order valence-corrected chi connectivity index (χ0v) is 11.9. The van der Waals surface area contributed by atoms with Crippen LogP contribution >= 0.6 is 0 Å². The summed E-state index contributed by atoms with van der Waals surface area (Å²) in [4.78, 5) is 2.19. The van der Waals surface area contributed by atoms with Crippen molar-refractivity contribution in [2.24, 2.45) is 5.92 Å². The van der Waals surface area contributed by atoms with Gasteiger partial charge in [0.05, 0.1) is 23.7 Å². The number of likely N-dealkylation sites (N-methyl/N-ethyl adjacent to an activating group) is 1. The average Bonchev–Trinajstić information content (AvgIpc) is 3.16. The van der Waals surface area contributed by atoms with Crippen molar-refractivity contribution in [3.05, 3.63) is 0 Å². The zero-order chi connectivity index (χ0) is 13.2. The summed E-state index contributed by atoms with van der Waals surface area (Å²) in [5.41, 5.74) is -0.242. The van der Waals surface area contributed by atoms with E-state index in [2.05, 4.69) is 10.2 Å². The molecule has 1 saturated heterocycles. The number of nitrogens with one attached hydrogen (secondary N) is 1. The Morgan fingerprint density at radius 2 is 2.06 bits per heavy atom. The largest absolute Gasteiger partial charge is 0.394 e. The van der Waals surface area contributed by atoms with Crippen LogP contribution in [-0.2, 0) is 9.84 Å². The molecule has 2 aliphatic rings. The Bertz CT molecular complexity index is 375. The molecule has 6 heteroatoms. The summed E-state index contributed by atoms with van der Waals surface area (Å²) in [5, 5.41) is 13.0. The molecule has 0 spiro atoms. The van der Waals surface area contributed by atoms with Crippen molar-refractivity contribution in [3.8, 4) is 0 Å². The number of sulfone groups is 1. The molecule has 1 atom stereocenters. The SMILES string of the molecule is CNC(CO)(CN1CCCS(=O)(=O)CC1)C1CC1. The molecule has 106 valence electrons. The number of rotatable bonds is 5. The normalized spacial score (nSPS) is 28.6. The molecular weight excluding hydrogens is 252 g/mol. The van der Waals surface area contributed by atoms with E-state index in [9.17, 15) is 13.5 Å². The number of aliphatic hydroxyl groups excluding tert-OH is 1. The Balaban J connectivity index is 1.99. The van der Waals surface area contributed by atoms with Crippen molar-refractivity contribution in [3.63, 3.8) is 0 Å². The fraction of sp³-hybridized carbons (Fsp3) is 1.00. The lowest BCUT2D eigenvalue weighted by Crippen LogP contribution is -2.57. The molecule has 2 rings (SSSR count). The van der Waals surface area contributed by atoms with Gasteiger partial charge in [-0.3, -0.25) is 0 Å². The van der Waals surface area contributed by atoms with Gasteiger partial charge in [0, 0.05) is 13.1 Å². The van der Waals surface area contributed by atoms with Gasteiger partial charge in [-0.1, -0.05) is 0 Å². The molecule has 1 saturated carbocycles. The Hall–Kier alpha value is -0.170. The van der Waals surface area contributed by atoms with Gasteiger partial charge in [0.1, 0.15) is 0 Å². The van der Waals surface area contributed by atoms with Crippen molar-refractivity contribution in [2.45, 2.75) is 24.8 Å². The van der Waals surface area contributed by atoms with Crippen LogP contribution < -0.4 is 5.32 Å². The first-order valence-electron chi connectivity index (χ1n) is 6.74. The van der Waals surface area contributed by atoms with Gasteiger partial charge in [-0.15, -0.1) is 0 Å². The first kappa shape index (κ1) is 14.2. The lowest BCUT2D eigenvalue weighted by atomic mass is 9.93. The van der Waals surface area contributed by atoms with Gasteiger partial charge >= 0.3 is 0 Å². The van der Waals surface area contributed by atoms with Crippen LogP contribution in [0.2, 0.25) is 0 Å². The summed E-state index contributed by atoms with van der Waals surface area (Å²) in [7, 11) is -0.958. The third kappa shape index (κ3) is 3.23. The van der Waals surface area contributed by atoms with E-state index in [1.54, 1.807) is 0 Å². The van der Waals surface area contributed by atoms with Gasteiger partial charge in [-0.25, -0.2) is 8.42 Å².